The standard InChI is InChI=1S/C13H22N2S/c1-4-15(10-13(2,3)11-16)9-12-5-7-14-8-6-12/h5-8,16H,4,9-11H2,1-3H3. The molecule has 90 valence electrons. The SMILES string of the molecule is CCN(Cc1ccncc1)CC(C)(C)CS. The first kappa shape index (κ1) is 13.5. The summed E-state index contributed by atoms with van der Waals surface area (Å²) in [6, 6.07) is 4.16. The van der Waals surface area contributed by atoms with Crippen molar-refractivity contribution in [2.75, 3.05) is 18.8 Å². The molecule has 1 heterocycles. The largest absolute Gasteiger partial charge is 0.299 e. The van der Waals surface area contributed by atoms with E-state index in [0.29, 0.717) is 0 Å². The lowest BCUT2D eigenvalue weighted by atomic mass is 9.95. The zero-order valence-electron chi connectivity index (χ0n) is 10.5. The third-order valence-corrected chi connectivity index (χ3v) is 3.54. The van der Waals surface area contributed by atoms with Crippen LogP contribution < -0.4 is 0 Å². The van der Waals surface area contributed by atoms with E-state index in [1.54, 1.807) is 0 Å². The number of nitrogens with zero attached hydrogens (tertiary/aromatic N) is 2. The van der Waals surface area contributed by atoms with Crippen LogP contribution in [0.3, 0.4) is 0 Å². The normalized spacial score (nSPS) is 12.1. The highest BCUT2D eigenvalue weighted by Crippen LogP contribution is 2.19. The van der Waals surface area contributed by atoms with Crippen molar-refractivity contribution in [1.82, 2.24) is 9.88 Å². The molecule has 0 bridgehead atoms. The highest BCUT2D eigenvalue weighted by atomic mass is 32.1. The van der Waals surface area contributed by atoms with E-state index >= 15 is 0 Å². The summed E-state index contributed by atoms with van der Waals surface area (Å²) in [6.45, 7) is 9.87. The van der Waals surface area contributed by atoms with Crippen LogP contribution in [0.15, 0.2) is 24.5 Å². The van der Waals surface area contributed by atoms with Gasteiger partial charge in [-0.25, -0.2) is 0 Å². The molecule has 0 aliphatic carbocycles. The summed E-state index contributed by atoms with van der Waals surface area (Å²) in [5.74, 6) is 0.917. The summed E-state index contributed by atoms with van der Waals surface area (Å²) >= 11 is 4.40. The minimum atomic E-state index is 0.270. The number of aromatic nitrogens is 1. The molecule has 2 nitrogen and oxygen atoms in total. The monoisotopic (exact) mass is 238 g/mol. The molecule has 3 heteroatoms. The van der Waals surface area contributed by atoms with Crippen molar-refractivity contribution in [3.8, 4) is 0 Å². The Bertz CT molecular complexity index is 298. The Morgan fingerprint density at radius 1 is 1.31 bits per heavy atom. The van der Waals surface area contributed by atoms with Gasteiger partial charge in [0.1, 0.15) is 0 Å². The second-order valence-corrected chi connectivity index (χ2v) is 5.30. The maximum Gasteiger partial charge on any atom is 0.0271 e. The minimum Gasteiger partial charge on any atom is -0.299 e. The van der Waals surface area contributed by atoms with Crippen LogP contribution in [0.5, 0.6) is 0 Å². The van der Waals surface area contributed by atoms with Crippen LogP contribution in [0.1, 0.15) is 26.3 Å². The third-order valence-electron chi connectivity index (χ3n) is 2.68. The van der Waals surface area contributed by atoms with Gasteiger partial charge in [0.15, 0.2) is 0 Å². The fraction of sp³-hybridized carbons (Fsp3) is 0.615. The van der Waals surface area contributed by atoms with Crippen LogP contribution in [0.2, 0.25) is 0 Å². The Hall–Kier alpha value is -0.540. The van der Waals surface area contributed by atoms with E-state index in [1.807, 2.05) is 12.4 Å². The van der Waals surface area contributed by atoms with Crippen LogP contribution in [-0.2, 0) is 6.54 Å². The molecular weight excluding hydrogens is 216 g/mol. The molecular formula is C13H22N2S. The van der Waals surface area contributed by atoms with Gasteiger partial charge in [-0.3, -0.25) is 9.88 Å². The molecule has 0 aliphatic heterocycles. The van der Waals surface area contributed by atoms with E-state index in [2.05, 4.69) is 55.4 Å². The number of hydrogen-bond acceptors (Lipinski definition) is 3. The Balaban J connectivity index is 2.56. The molecule has 0 atom stereocenters. The maximum atomic E-state index is 4.40. The van der Waals surface area contributed by atoms with Crippen molar-refractivity contribution in [2.45, 2.75) is 27.3 Å². The average molecular weight is 238 g/mol. The molecule has 0 spiro atoms. The smallest absolute Gasteiger partial charge is 0.0271 e. The molecule has 0 N–H and O–H groups in total. The molecule has 0 amide bonds. The lowest BCUT2D eigenvalue weighted by Gasteiger charge is -2.30. The van der Waals surface area contributed by atoms with Gasteiger partial charge in [-0.15, -0.1) is 0 Å². The summed E-state index contributed by atoms with van der Waals surface area (Å²) in [7, 11) is 0. The van der Waals surface area contributed by atoms with Gasteiger partial charge in [0.25, 0.3) is 0 Å². The Kier molecular flexibility index (Phi) is 5.29. The van der Waals surface area contributed by atoms with Crippen molar-refractivity contribution < 1.29 is 0 Å². The molecule has 1 aromatic rings. The van der Waals surface area contributed by atoms with Crippen LogP contribution in [0, 0.1) is 5.41 Å². The van der Waals surface area contributed by atoms with Gasteiger partial charge in [-0.2, -0.15) is 12.6 Å². The Labute approximate surface area is 104 Å². The summed E-state index contributed by atoms with van der Waals surface area (Å²) in [5, 5.41) is 0. The second-order valence-electron chi connectivity index (χ2n) is 4.98. The Morgan fingerprint density at radius 3 is 2.44 bits per heavy atom. The zero-order chi connectivity index (χ0) is 12.0. The van der Waals surface area contributed by atoms with E-state index in [0.717, 1.165) is 25.4 Å². The highest BCUT2D eigenvalue weighted by Gasteiger charge is 2.19. The van der Waals surface area contributed by atoms with Gasteiger partial charge in [-0.1, -0.05) is 20.8 Å². The van der Waals surface area contributed by atoms with E-state index in [9.17, 15) is 0 Å². The van der Waals surface area contributed by atoms with Gasteiger partial charge in [0.05, 0.1) is 0 Å². The summed E-state index contributed by atoms with van der Waals surface area (Å²) in [6.07, 6.45) is 3.71. The van der Waals surface area contributed by atoms with Gasteiger partial charge in [0.2, 0.25) is 0 Å². The lowest BCUT2D eigenvalue weighted by molar-refractivity contribution is 0.196. The first-order valence-electron chi connectivity index (χ1n) is 5.79. The van der Waals surface area contributed by atoms with Crippen LogP contribution >= 0.6 is 12.6 Å². The highest BCUT2D eigenvalue weighted by molar-refractivity contribution is 7.80. The van der Waals surface area contributed by atoms with Crippen LogP contribution in [-0.4, -0.2) is 28.7 Å². The lowest BCUT2D eigenvalue weighted by Crippen LogP contribution is -2.34. The van der Waals surface area contributed by atoms with Gasteiger partial charge in [-0.05, 0) is 35.4 Å². The molecule has 0 radical (unpaired) electrons. The zero-order valence-corrected chi connectivity index (χ0v) is 11.4. The first-order chi connectivity index (χ1) is 7.57. The topological polar surface area (TPSA) is 16.1 Å². The maximum absolute atomic E-state index is 4.40. The molecule has 0 aromatic carbocycles. The van der Waals surface area contributed by atoms with Crippen molar-refractivity contribution >= 4 is 12.6 Å². The van der Waals surface area contributed by atoms with Crippen molar-refractivity contribution in [3.05, 3.63) is 30.1 Å². The number of thiol groups is 1. The summed E-state index contributed by atoms with van der Waals surface area (Å²) in [4.78, 5) is 6.49. The van der Waals surface area contributed by atoms with E-state index in [-0.39, 0.29) is 5.41 Å². The summed E-state index contributed by atoms with van der Waals surface area (Å²) in [5.41, 5.74) is 1.60. The molecule has 1 aromatic heterocycles. The molecule has 0 saturated heterocycles. The Morgan fingerprint density at radius 2 is 1.94 bits per heavy atom. The average Bonchev–Trinajstić information content (AvgIpc) is 2.29. The number of rotatable bonds is 6. The summed E-state index contributed by atoms with van der Waals surface area (Å²) < 4.78 is 0. The first-order valence-corrected chi connectivity index (χ1v) is 6.43. The third kappa shape index (κ3) is 4.54. The van der Waals surface area contributed by atoms with Crippen molar-refractivity contribution in [2.24, 2.45) is 5.41 Å². The molecule has 0 unspecified atom stereocenters. The van der Waals surface area contributed by atoms with E-state index in [1.165, 1.54) is 5.56 Å². The fourth-order valence-electron chi connectivity index (χ4n) is 1.68. The minimum absolute atomic E-state index is 0.270. The van der Waals surface area contributed by atoms with Crippen LogP contribution in [0.4, 0.5) is 0 Å². The second kappa shape index (κ2) is 6.26. The van der Waals surface area contributed by atoms with Gasteiger partial charge >= 0.3 is 0 Å². The molecule has 0 fully saturated rings. The molecule has 0 saturated carbocycles. The number of hydrogen-bond donors (Lipinski definition) is 1. The number of pyridine rings is 1. The molecule has 16 heavy (non-hydrogen) atoms. The van der Waals surface area contributed by atoms with Gasteiger partial charge in [0, 0.05) is 25.5 Å². The molecule has 0 aliphatic rings. The van der Waals surface area contributed by atoms with Crippen molar-refractivity contribution in [3.63, 3.8) is 0 Å². The predicted molar refractivity (Wildman–Crippen MR) is 72.8 cm³/mol. The molecule has 1 rings (SSSR count). The van der Waals surface area contributed by atoms with Crippen molar-refractivity contribution in [1.29, 1.82) is 0 Å². The quantitative estimate of drug-likeness (QED) is 0.767. The predicted octanol–water partition coefficient (Wildman–Crippen LogP) is 2.86. The fourth-order valence-corrected chi connectivity index (χ4v) is 1.78. The van der Waals surface area contributed by atoms with E-state index in [4.69, 9.17) is 0 Å². The van der Waals surface area contributed by atoms with Crippen LogP contribution in [0.25, 0.3) is 0 Å². The van der Waals surface area contributed by atoms with E-state index < -0.39 is 0 Å². The van der Waals surface area contributed by atoms with Gasteiger partial charge < -0.3 is 0 Å².